The average molecular weight is 256 g/mol. The highest BCUT2D eigenvalue weighted by molar-refractivity contribution is 5.86. The van der Waals surface area contributed by atoms with E-state index < -0.39 is 24.0 Å². The minimum Gasteiger partial charge on any atom is -0.467 e. The number of ether oxygens (including phenoxy) is 1. The van der Waals surface area contributed by atoms with Crippen molar-refractivity contribution in [1.82, 2.24) is 5.32 Å². The molecule has 2 atom stereocenters. The van der Waals surface area contributed by atoms with Gasteiger partial charge in [-0.25, -0.2) is 4.79 Å². The van der Waals surface area contributed by atoms with Crippen LogP contribution in [0.15, 0.2) is 0 Å². The topological polar surface area (TPSA) is 99.4 Å². The first kappa shape index (κ1) is 16.4. The highest BCUT2D eigenvalue weighted by Crippen LogP contribution is 2.06. The summed E-state index contributed by atoms with van der Waals surface area (Å²) in [5.74, 6) is -1.06. The van der Waals surface area contributed by atoms with Gasteiger partial charge in [-0.05, 0) is 18.8 Å². The van der Waals surface area contributed by atoms with Gasteiger partial charge in [-0.2, -0.15) is 5.26 Å². The van der Waals surface area contributed by atoms with Crippen LogP contribution in [0.5, 0.6) is 0 Å². The van der Waals surface area contributed by atoms with E-state index in [1.807, 2.05) is 19.9 Å². The molecular weight excluding hydrogens is 236 g/mol. The van der Waals surface area contributed by atoms with Crippen LogP contribution < -0.4 is 5.32 Å². The van der Waals surface area contributed by atoms with E-state index in [0.717, 1.165) is 0 Å². The summed E-state index contributed by atoms with van der Waals surface area (Å²) in [6, 6.07) is 1.01. The molecular formula is C12H20N2O4. The Balaban J connectivity index is 4.43. The summed E-state index contributed by atoms with van der Waals surface area (Å²) in [5, 5.41) is 20.4. The predicted octanol–water partition coefficient (Wildman–Crippen LogP) is 0.355. The van der Waals surface area contributed by atoms with Crippen molar-refractivity contribution in [2.24, 2.45) is 5.92 Å². The zero-order chi connectivity index (χ0) is 14.1. The van der Waals surface area contributed by atoms with E-state index in [4.69, 9.17) is 5.26 Å². The zero-order valence-electron chi connectivity index (χ0n) is 11.0. The molecule has 102 valence electrons. The minimum atomic E-state index is -1.15. The molecule has 0 aromatic heterocycles. The van der Waals surface area contributed by atoms with Crippen LogP contribution in [0.4, 0.5) is 0 Å². The molecule has 0 fully saturated rings. The summed E-state index contributed by atoms with van der Waals surface area (Å²) in [6.45, 7) is 3.76. The van der Waals surface area contributed by atoms with Crippen LogP contribution in [-0.2, 0) is 14.3 Å². The fourth-order valence-corrected chi connectivity index (χ4v) is 1.42. The second-order valence-electron chi connectivity index (χ2n) is 4.43. The smallest absolute Gasteiger partial charge is 0.328 e. The summed E-state index contributed by atoms with van der Waals surface area (Å²) < 4.78 is 4.53. The maximum atomic E-state index is 11.6. The number of aliphatic hydroxyl groups excluding tert-OH is 1. The van der Waals surface area contributed by atoms with Gasteiger partial charge in [0.25, 0.3) is 0 Å². The van der Waals surface area contributed by atoms with E-state index in [1.54, 1.807) is 0 Å². The second-order valence-corrected chi connectivity index (χ2v) is 4.43. The number of esters is 1. The molecule has 0 bridgehead atoms. The van der Waals surface area contributed by atoms with Crippen LogP contribution in [0, 0.1) is 17.2 Å². The fourth-order valence-electron chi connectivity index (χ4n) is 1.42. The third-order valence-electron chi connectivity index (χ3n) is 2.34. The highest BCUT2D eigenvalue weighted by Gasteiger charge is 2.25. The SMILES string of the molecule is COC(=O)[C@H](CCC#N)NC(=O)[C@H](O)CC(C)C. The Bertz CT molecular complexity index is 323. The molecule has 0 aliphatic rings. The molecule has 0 rings (SSSR count). The van der Waals surface area contributed by atoms with Gasteiger partial charge in [-0.1, -0.05) is 13.8 Å². The molecule has 6 heteroatoms. The Kier molecular flexibility index (Phi) is 7.72. The lowest BCUT2D eigenvalue weighted by Crippen LogP contribution is -2.46. The van der Waals surface area contributed by atoms with Gasteiger partial charge in [0.05, 0.1) is 13.2 Å². The molecule has 0 saturated carbocycles. The Morgan fingerprint density at radius 1 is 1.44 bits per heavy atom. The number of carbonyl (C=O) groups excluding carboxylic acids is 2. The first-order valence-electron chi connectivity index (χ1n) is 5.85. The lowest BCUT2D eigenvalue weighted by Gasteiger charge is -2.18. The lowest BCUT2D eigenvalue weighted by atomic mass is 10.0. The number of methoxy groups -OCH3 is 1. The van der Waals surface area contributed by atoms with E-state index in [9.17, 15) is 14.7 Å². The second kappa shape index (κ2) is 8.48. The van der Waals surface area contributed by atoms with E-state index in [-0.39, 0.29) is 18.8 Å². The first-order chi connectivity index (χ1) is 8.42. The van der Waals surface area contributed by atoms with Crippen LogP contribution in [0.1, 0.15) is 33.1 Å². The van der Waals surface area contributed by atoms with E-state index in [1.165, 1.54) is 7.11 Å². The quantitative estimate of drug-likeness (QED) is 0.640. The van der Waals surface area contributed by atoms with Gasteiger partial charge in [0, 0.05) is 6.42 Å². The van der Waals surface area contributed by atoms with Gasteiger partial charge in [0.1, 0.15) is 12.1 Å². The highest BCUT2D eigenvalue weighted by atomic mass is 16.5. The number of nitrogens with zero attached hydrogens (tertiary/aromatic N) is 1. The maximum Gasteiger partial charge on any atom is 0.328 e. The van der Waals surface area contributed by atoms with Crippen molar-refractivity contribution in [3.63, 3.8) is 0 Å². The lowest BCUT2D eigenvalue weighted by molar-refractivity contribution is -0.146. The van der Waals surface area contributed by atoms with Crippen LogP contribution >= 0.6 is 0 Å². The van der Waals surface area contributed by atoms with Gasteiger partial charge in [0.15, 0.2) is 0 Å². The summed E-state index contributed by atoms with van der Waals surface area (Å²) in [6.07, 6.45) is -0.541. The molecule has 0 aromatic rings. The van der Waals surface area contributed by atoms with Gasteiger partial charge >= 0.3 is 5.97 Å². The molecule has 0 aliphatic heterocycles. The molecule has 1 amide bonds. The Hall–Kier alpha value is -1.61. The zero-order valence-corrected chi connectivity index (χ0v) is 11.0. The fraction of sp³-hybridized carbons (Fsp3) is 0.750. The molecule has 0 heterocycles. The van der Waals surface area contributed by atoms with Crippen molar-refractivity contribution >= 4 is 11.9 Å². The van der Waals surface area contributed by atoms with Crippen LogP contribution in [0.25, 0.3) is 0 Å². The standard InChI is InChI=1S/C12H20N2O4/c1-8(2)7-10(15)11(16)14-9(5-4-6-13)12(17)18-3/h8-10,15H,4-5,7H2,1-3H3,(H,14,16)/t9-,10+/m0/s1. The number of nitrogens with one attached hydrogen (secondary N) is 1. The number of hydrogen-bond acceptors (Lipinski definition) is 5. The Morgan fingerprint density at radius 2 is 2.06 bits per heavy atom. The van der Waals surface area contributed by atoms with Gasteiger partial charge < -0.3 is 15.2 Å². The molecule has 0 spiro atoms. The molecule has 0 unspecified atom stereocenters. The van der Waals surface area contributed by atoms with Gasteiger partial charge in [-0.3, -0.25) is 4.79 Å². The first-order valence-corrected chi connectivity index (χ1v) is 5.85. The van der Waals surface area contributed by atoms with Crippen molar-refractivity contribution in [2.45, 2.75) is 45.3 Å². The van der Waals surface area contributed by atoms with Crippen LogP contribution in [0.2, 0.25) is 0 Å². The number of amides is 1. The number of aliphatic hydroxyl groups is 1. The minimum absolute atomic E-state index is 0.125. The third kappa shape index (κ3) is 6.21. The predicted molar refractivity (Wildman–Crippen MR) is 64.3 cm³/mol. The van der Waals surface area contributed by atoms with Gasteiger partial charge in [0.2, 0.25) is 5.91 Å². The third-order valence-corrected chi connectivity index (χ3v) is 2.34. The maximum absolute atomic E-state index is 11.6. The van der Waals surface area contributed by atoms with Crippen molar-refractivity contribution < 1.29 is 19.4 Å². The average Bonchev–Trinajstić information content (AvgIpc) is 2.32. The summed E-state index contributed by atoms with van der Waals surface area (Å²) in [4.78, 5) is 23.0. The molecule has 0 aromatic carbocycles. The number of hydrogen-bond donors (Lipinski definition) is 2. The monoisotopic (exact) mass is 256 g/mol. The van der Waals surface area contributed by atoms with Gasteiger partial charge in [-0.15, -0.1) is 0 Å². The molecule has 0 saturated heterocycles. The molecule has 6 nitrogen and oxygen atoms in total. The van der Waals surface area contributed by atoms with Crippen LogP contribution in [0.3, 0.4) is 0 Å². The van der Waals surface area contributed by atoms with Crippen molar-refractivity contribution in [3.05, 3.63) is 0 Å². The largest absolute Gasteiger partial charge is 0.467 e. The van der Waals surface area contributed by atoms with E-state index >= 15 is 0 Å². The summed E-state index contributed by atoms with van der Waals surface area (Å²) >= 11 is 0. The summed E-state index contributed by atoms with van der Waals surface area (Å²) in [5.41, 5.74) is 0. The molecule has 18 heavy (non-hydrogen) atoms. The number of rotatable bonds is 7. The Morgan fingerprint density at radius 3 is 2.50 bits per heavy atom. The van der Waals surface area contributed by atoms with Crippen molar-refractivity contribution in [3.8, 4) is 6.07 Å². The number of nitriles is 1. The normalized spacial score (nSPS) is 13.6. The van der Waals surface area contributed by atoms with Crippen LogP contribution in [-0.4, -0.2) is 36.2 Å². The summed E-state index contributed by atoms with van der Waals surface area (Å²) in [7, 11) is 1.21. The van der Waals surface area contributed by atoms with E-state index in [0.29, 0.717) is 6.42 Å². The Labute approximate surface area is 107 Å². The number of carbonyl (C=O) groups is 2. The molecule has 0 radical (unpaired) electrons. The van der Waals surface area contributed by atoms with Crippen molar-refractivity contribution in [1.29, 1.82) is 5.26 Å². The van der Waals surface area contributed by atoms with Crippen molar-refractivity contribution in [2.75, 3.05) is 7.11 Å². The molecule has 2 N–H and O–H groups in total. The van der Waals surface area contributed by atoms with E-state index in [2.05, 4.69) is 10.1 Å². The molecule has 0 aliphatic carbocycles.